The maximum Gasteiger partial charge on any atom is 0.492 e. The summed E-state index contributed by atoms with van der Waals surface area (Å²) in [5.74, 6) is 0.436. The fourth-order valence-corrected chi connectivity index (χ4v) is 1.34. The molecule has 1 aromatic carbocycles. The molecule has 0 aliphatic rings. The Hall–Kier alpha value is -0.705. The van der Waals surface area contributed by atoms with Gasteiger partial charge in [0.15, 0.2) is 0 Å². The molecule has 3 nitrogen and oxygen atoms in total. The van der Waals surface area contributed by atoms with Gasteiger partial charge in [-0.1, -0.05) is 31.0 Å². The minimum atomic E-state index is -1.53. The summed E-state index contributed by atoms with van der Waals surface area (Å²) >= 11 is 5.79. The molecular formula is C10H14BClO3. The molecule has 15 heavy (non-hydrogen) atoms. The van der Waals surface area contributed by atoms with E-state index in [1.54, 1.807) is 18.2 Å². The number of unbranched alkanes of at least 4 members (excludes halogenated alkanes) is 1. The van der Waals surface area contributed by atoms with E-state index in [9.17, 15) is 0 Å². The van der Waals surface area contributed by atoms with Gasteiger partial charge in [-0.3, -0.25) is 0 Å². The molecule has 82 valence electrons. The highest BCUT2D eigenvalue weighted by atomic mass is 35.5. The van der Waals surface area contributed by atoms with Gasteiger partial charge in [-0.2, -0.15) is 0 Å². The quantitative estimate of drug-likeness (QED) is 0.588. The van der Waals surface area contributed by atoms with Gasteiger partial charge in [0.1, 0.15) is 5.75 Å². The van der Waals surface area contributed by atoms with Crippen LogP contribution in [0.5, 0.6) is 5.75 Å². The molecule has 0 atom stereocenters. The monoisotopic (exact) mass is 228 g/mol. The number of halogens is 1. The predicted molar refractivity (Wildman–Crippen MR) is 61.7 cm³/mol. The first-order valence-electron chi connectivity index (χ1n) is 4.93. The zero-order valence-corrected chi connectivity index (χ0v) is 9.37. The smallest absolute Gasteiger partial charge is 0.492 e. The van der Waals surface area contributed by atoms with Crippen LogP contribution in [0.2, 0.25) is 5.02 Å². The van der Waals surface area contributed by atoms with Gasteiger partial charge in [0, 0.05) is 10.5 Å². The average molecular weight is 228 g/mol. The Balaban J connectivity index is 2.77. The van der Waals surface area contributed by atoms with Crippen LogP contribution < -0.4 is 10.2 Å². The van der Waals surface area contributed by atoms with E-state index in [0.29, 0.717) is 22.8 Å². The molecule has 1 rings (SSSR count). The van der Waals surface area contributed by atoms with Gasteiger partial charge in [-0.05, 0) is 18.6 Å². The lowest BCUT2D eigenvalue weighted by molar-refractivity contribution is 0.310. The van der Waals surface area contributed by atoms with Crippen molar-refractivity contribution in [2.24, 2.45) is 0 Å². The Morgan fingerprint density at radius 3 is 2.73 bits per heavy atom. The van der Waals surface area contributed by atoms with E-state index in [4.69, 9.17) is 26.4 Å². The Morgan fingerprint density at radius 2 is 2.13 bits per heavy atom. The van der Waals surface area contributed by atoms with Crippen LogP contribution in [0.25, 0.3) is 0 Å². The molecule has 0 saturated heterocycles. The van der Waals surface area contributed by atoms with Crippen LogP contribution in [-0.2, 0) is 0 Å². The van der Waals surface area contributed by atoms with E-state index >= 15 is 0 Å². The highest BCUT2D eigenvalue weighted by Gasteiger charge is 2.17. The number of ether oxygens (including phenoxy) is 1. The first-order chi connectivity index (χ1) is 7.15. The summed E-state index contributed by atoms with van der Waals surface area (Å²) in [5.41, 5.74) is 0.343. The van der Waals surface area contributed by atoms with Gasteiger partial charge in [0.2, 0.25) is 0 Å². The summed E-state index contributed by atoms with van der Waals surface area (Å²) in [6.45, 7) is 2.61. The Bertz CT molecular complexity index is 318. The average Bonchev–Trinajstić information content (AvgIpc) is 2.18. The van der Waals surface area contributed by atoms with Gasteiger partial charge >= 0.3 is 7.12 Å². The maximum absolute atomic E-state index is 9.08. The first-order valence-corrected chi connectivity index (χ1v) is 5.31. The lowest BCUT2D eigenvalue weighted by Gasteiger charge is -2.10. The van der Waals surface area contributed by atoms with E-state index < -0.39 is 7.12 Å². The van der Waals surface area contributed by atoms with Crippen LogP contribution >= 0.6 is 11.6 Å². The SMILES string of the molecule is CCCCOc1cc(Cl)ccc1B(O)O. The van der Waals surface area contributed by atoms with E-state index in [1.807, 2.05) is 0 Å². The molecular weight excluding hydrogens is 214 g/mol. The van der Waals surface area contributed by atoms with Crippen LogP contribution in [0, 0.1) is 0 Å². The molecule has 0 radical (unpaired) electrons. The van der Waals surface area contributed by atoms with Gasteiger partial charge in [0.25, 0.3) is 0 Å². The van der Waals surface area contributed by atoms with Crippen molar-refractivity contribution in [1.82, 2.24) is 0 Å². The minimum absolute atomic E-state index is 0.343. The van der Waals surface area contributed by atoms with Crippen molar-refractivity contribution in [3.05, 3.63) is 23.2 Å². The summed E-state index contributed by atoms with van der Waals surface area (Å²) in [5, 5.41) is 18.7. The highest BCUT2D eigenvalue weighted by molar-refractivity contribution is 6.59. The molecule has 0 fully saturated rings. The molecule has 2 N–H and O–H groups in total. The molecule has 0 aliphatic carbocycles. The van der Waals surface area contributed by atoms with Crippen LogP contribution in [0.4, 0.5) is 0 Å². The zero-order valence-electron chi connectivity index (χ0n) is 8.61. The molecule has 0 bridgehead atoms. The lowest BCUT2D eigenvalue weighted by atomic mass is 9.79. The van der Waals surface area contributed by atoms with Crippen molar-refractivity contribution < 1.29 is 14.8 Å². The highest BCUT2D eigenvalue weighted by Crippen LogP contribution is 2.16. The van der Waals surface area contributed by atoms with Gasteiger partial charge in [-0.25, -0.2) is 0 Å². The van der Waals surface area contributed by atoms with E-state index in [-0.39, 0.29) is 0 Å². The second kappa shape index (κ2) is 6.00. The topological polar surface area (TPSA) is 49.7 Å². The predicted octanol–water partition coefficient (Wildman–Crippen LogP) is 1.20. The third-order valence-electron chi connectivity index (χ3n) is 2.01. The zero-order chi connectivity index (χ0) is 11.3. The third-order valence-corrected chi connectivity index (χ3v) is 2.24. The molecule has 0 heterocycles. The van der Waals surface area contributed by atoms with Crippen LogP contribution in [-0.4, -0.2) is 23.8 Å². The second-order valence-electron chi connectivity index (χ2n) is 3.26. The number of hydrogen-bond acceptors (Lipinski definition) is 3. The molecule has 1 aromatic rings. The van der Waals surface area contributed by atoms with E-state index in [1.165, 1.54) is 0 Å². The van der Waals surface area contributed by atoms with Crippen molar-refractivity contribution >= 4 is 24.2 Å². The van der Waals surface area contributed by atoms with Crippen molar-refractivity contribution in [3.63, 3.8) is 0 Å². The normalized spacial score (nSPS) is 10.1. The molecule has 0 spiro atoms. The Morgan fingerprint density at radius 1 is 1.40 bits per heavy atom. The lowest BCUT2D eigenvalue weighted by Crippen LogP contribution is -2.31. The minimum Gasteiger partial charge on any atom is -0.494 e. The first kappa shape index (κ1) is 12.4. The molecule has 0 unspecified atom stereocenters. The van der Waals surface area contributed by atoms with Crippen molar-refractivity contribution in [3.8, 4) is 5.75 Å². The van der Waals surface area contributed by atoms with E-state index in [0.717, 1.165) is 12.8 Å². The van der Waals surface area contributed by atoms with Gasteiger partial charge in [0.05, 0.1) is 6.61 Å². The number of rotatable bonds is 5. The summed E-state index contributed by atoms with van der Waals surface area (Å²) in [6, 6.07) is 4.74. The largest absolute Gasteiger partial charge is 0.494 e. The standard InChI is InChI=1S/C10H14BClO3/c1-2-3-6-15-10-7-8(12)4-5-9(10)11(13)14/h4-5,7,13-14H,2-3,6H2,1H3. The second-order valence-corrected chi connectivity index (χ2v) is 3.69. The summed E-state index contributed by atoms with van der Waals surface area (Å²) < 4.78 is 5.42. The van der Waals surface area contributed by atoms with Crippen LogP contribution in [0.3, 0.4) is 0 Å². The van der Waals surface area contributed by atoms with Crippen molar-refractivity contribution in [2.45, 2.75) is 19.8 Å². The fourth-order valence-electron chi connectivity index (χ4n) is 1.17. The number of benzene rings is 1. The molecule has 5 heteroatoms. The number of hydrogen-bond donors (Lipinski definition) is 2. The molecule has 0 amide bonds. The fraction of sp³-hybridized carbons (Fsp3) is 0.400. The molecule has 0 aromatic heterocycles. The summed E-state index contributed by atoms with van der Waals surface area (Å²) in [6.07, 6.45) is 1.95. The Labute approximate surface area is 94.8 Å². The van der Waals surface area contributed by atoms with Crippen molar-refractivity contribution in [1.29, 1.82) is 0 Å². The summed E-state index contributed by atoms with van der Waals surface area (Å²) in [7, 11) is -1.53. The van der Waals surface area contributed by atoms with Gasteiger partial charge < -0.3 is 14.8 Å². The van der Waals surface area contributed by atoms with Crippen LogP contribution in [0.15, 0.2) is 18.2 Å². The van der Waals surface area contributed by atoms with Crippen LogP contribution in [0.1, 0.15) is 19.8 Å². The van der Waals surface area contributed by atoms with E-state index in [2.05, 4.69) is 6.92 Å². The molecule has 0 saturated carbocycles. The Kier molecular flexibility index (Phi) is 4.95. The third kappa shape index (κ3) is 3.74. The van der Waals surface area contributed by atoms with Crippen molar-refractivity contribution in [2.75, 3.05) is 6.61 Å². The van der Waals surface area contributed by atoms with Gasteiger partial charge in [-0.15, -0.1) is 0 Å². The maximum atomic E-state index is 9.08. The summed E-state index contributed by atoms with van der Waals surface area (Å²) in [4.78, 5) is 0. The molecule has 0 aliphatic heterocycles.